The fraction of sp³-hybridized carbons (Fsp3) is 0.259. The van der Waals surface area contributed by atoms with Crippen LogP contribution in [0.25, 0.3) is 0 Å². The zero-order chi connectivity index (χ0) is 23.8. The van der Waals surface area contributed by atoms with Crippen molar-refractivity contribution >= 4 is 30.0 Å². The van der Waals surface area contributed by atoms with Gasteiger partial charge in [-0.1, -0.05) is 66.7 Å². The van der Waals surface area contributed by atoms with Crippen LogP contribution >= 0.6 is 12.4 Å². The third kappa shape index (κ3) is 7.29. The third-order valence-electron chi connectivity index (χ3n) is 5.67. The van der Waals surface area contributed by atoms with E-state index >= 15 is 0 Å². The molecule has 1 atom stereocenters. The molecule has 1 saturated heterocycles. The van der Waals surface area contributed by atoms with Gasteiger partial charge in [0.25, 0.3) is 5.91 Å². The van der Waals surface area contributed by atoms with Crippen LogP contribution in [-0.4, -0.2) is 65.7 Å². The van der Waals surface area contributed by atoms with Gasteiger partial charge in [0.2, 0.25) is 0 Å². The second-order valence-corrected chi connectivity index (χ2v) is 8.25. The summed E-state index contributed by atoms with van der Waals surface area (Å²) in [5.74, 6) is 0.479. The molecule has 0 bridgehead atoms. The first-order valence-corrected chi connectivity index (χ1v) is 11.4. The molecule has 0 spiro atoms. The number of rotatable bonds is 11. The second-order valence-electron chi connectivity index (χ2n) is 8.25. The Kier molecular flexibility index (Phi) is 9.66. The van der Waals surface area contributed by atoms with Crippen molar-refractivity contribution in [3.05, 3.63) is 96.6 Å². The smallest absolute Gasteiger partial charge is 0.331 e. The van der Waals surface area contributed by atoms with Gasteiger partial charge in [-0.05, 0) is 29.8 Å². The van der Waals surface area contributed by atoms with Crippen molar-refractivity contribution in [3.8, 4) is 5.75 Å². The molecule has 1 fully saturated rings. The van der Waals surface area contributed by atoms with Gasteiger partial charge in [-0.2, -0.15) is 0 Å². The van der Waals surface area contributed by atoms with Crippen molar-refractivity contribution in [1.82, 2.24) is 9.80 Å². The number of imide groups is 1. The standard InChI is InChI=1S/C27H29N3O4.ClH/c31-24(21-34-25-14-8-3-9-15-25)19-28(18-22-10-4-1-5-11-22)16-17-29-26(32)20-30(27(29)33)23-12-6-2-7-13-23;/h1-15,24,31H,16-21H2;1H. The van der Waals surface area contributed by atoms with Crippen molar-refractivity contribution in [2.45, 2.75) is 12.6 Å². The van der Waals surface area contributed by atoms with Gasteiger partial charge in [-0.15, -0.1) is 12.4 Å². The molecule has 0 saturated carbocycles. The lowest BCUT2D eigenvalue weighted by molar-refractivity contribution is -0.125. The second kappa shape index (κ2) is 12.9. The maximum Gasteiger partial charge on any atom is 0.331 e. The highest BCUT2D eigenvalue weighted by Gasteiger charge is 2.36. The third-order valence-corrected chi connectivity index (χ3v) is 5.67. The number of amides is 3. The lowest BCUT2D eigenvalue weighted by Crippen LogP contribution is -2.42. The zero-order valence-corrected chi connectivity index (χ0v) is 20.2. The lowest BCUT2D eigenvalue weighted by atomic mass is 10.2. The monoisotopic (exact) mass is 495 g/mol. The summed E-state index contributed by atoms with van der Waals surface area (Å²) in [6.07, 6.45) is -0.727. The van der Waals surface area contributed by atoms with E-state index in [1.807, 2.05) is 95.9 Å². The summed E-state index contributed by atoms with van der Waals surface area (Å²) in [7, 11) is 0. The van der Waals surface area contributed by atoms with E-state index < -0.39 is 6.10 Å². The summed E-state index contributed by atoms with van der Waals surface area (Å²) < 4.78 is 5.69. The van der Waals surface area contributed by atoms with E-state index in [2.05, 4.69) is 0 Å². The molecular formula is C27H30ClN3O4. The van der Waals surface area contributed by atoms with E-state index in [0.717, 1.165) is 5.56 Å². The molecule has 1 aliphatic heterocycles. The predicted molar refractivity (Wildman–Crippen MR) is 138 cm³/mol. The number of hydrogen-bond donors (Lipinski definition) is 1. The molecule has 1 unspecified atom stereocenters. The van der Waals surface area contributed by atoms with Crippen LogP contribution in [0.2, 0.25) is 0 Å². The Morgan fingerprint density at radius 2 is 1.49 bits per heavy atom. The molecule has 184 valence electrons. The predicted octanol–water partition coefficient (Wildman–Crippen LogP) is 3.82. The van der Waals surface area contributed by atoms with Crippen molar-refractivity contribution in [2.75, 3.05) is 37.7 Å². The van der Waals surface area contributed by atoms with Crippen LogP contribution in [0.3, 0.4) is 0 Å². The number of carbonyl (C=O) groups excluding carboxylic acids is 2. The topological polar surface area (TPSA) is 73.3 Å². The van der Waals surface area contributed by atoms with Gasteiger partial charge in [0.05, 0.1) is 0 Å². The maximum atomic E-state index is 12.9. The Labute approximate surface area is 211 Å². The number of urea groups is 1. The highest BCUT2D eigenvalue weighted by atomic mass is 35.5. The largest absolute Gasteiger partial charge is 0.491 e. The molecule has 35 heavy (non-hydrogen) atoms. The van der Waals surface area contributed by atoms with Crippen LogP contribution < -0.4 is 9.64 Å². The number of aliphatic hydroxyl groups excluding tert-OH is 1. The van der Waals surface area contributed by atoms with E-state index in [-0.39, 0.29) is 44.0 Å². The molecular weight excluding hydrogens is 466 g/mol. The summed E-state index contributed by atoms with van der Waals surface area (Å²) in [4.78, 5) is 30.3. The first kappa shape index (κ1) is 26.2. The number of halogens is 1. The van der Waals surface area contributed by atoms with Crippen LogP contribution in [0, 0.1) is 0 Å². The minimum absolute atomic E-state index is 0. The molecule has 3 amide bonds. The Balaban J connectivity index is 0.00000342. The Morgan fingerprint density at radius 3 is 2.14 bits per heavy atom. The van der Waals surface area contributed by atoms with Gasteiger partial charge in [0.1, 0.15) is 25.0 Å². The minimum Gasteiger partial charge on any atom is -0.491 e. The zero-order valence-electron chi connectivity index (χ0n) is 19.4. The van der Waals surface area contributed by atoms with Crippen LogP contribution in [0.1, 0.15) is 5.56 Å². The Hall–Kier alpha value is -3.39. The normalized spacial score (nSPS) is 14.2. The van der Waals surface area contributed by atoms with Gasteiger partial charge in [-0.3, -0.25) is 19.5 Å². The quantitative estimate of drug-likeness (QED) is 0.409. The first-order chi connectivity index (χ1) is 16.6. The molecule has 3 aromatic carbocycles. The number of carbonyl (C=O) groups is 2. The molecule has 1 N–H and O–H groups in total. The SMILES string of the molecule is Cl.O=C1CN(c2ccccc2)C(=O)N1CCN(Cc1ccccc1)CC(O)COc1ccccc1. The fourth-order valence-electron chi connectivity index (χ4n) is 3.95. The van der Waals surface area contributed by atoms with E-state index in [4.69, 9.17) is 4.74 Å². The highest BCUT2D eigenvalue weighted by Crippen LogP contribution is 2.20. The van der Waals surface area contributed by atoms with E-state index in [0.29, 0.717) is 31.1 Å². The average Bonchev–Trinajstić information content (AvgIpc) is 3.16. The summed E-state index contributed by atoms with van der Waals surface area (Å²) in [5.41, 5.74) is 1.79. The fourth-order valence-corrected chi connectivity index (χ4v) is 3.95. The molecule has 8 heteroatoms. The van der Waals surface area contributed by atoms with Gasteiger partial charge in [-0.25, -0.2) is 4.79 Å². The molecule has 1 aliphatic rings. The maximum absolute atomic E-state index is 12.9. The average molecular weight is 496 g/mol. The molecule has 0 radical (unpaired) electrons. The van der Waals surface area contributed by atoms with Crippen LogP contribution in [0.15, 0.2) is 91.0 Å². The number of aliphatic hydroxyl groups is 1. The van der Waals surface area contributed by atoms with Crippen LogP contribution in [0.4, 0.5) is 10.5 Å². The van der Waals surface area contributed by atoms with Crippen molar-refractivity contribution in [2.24, 2.45) is 0 Å². The van der Waals surface area contributed by atoms with Crippen LogP contribution in [-0.2, 0) is 11.3 Å². The van der Waals surface area contributed by atoms with E-state index in [1.165, 1.54) is 9.80 Å². The lowest BCUT2D eigenvalue weighted by Gasteiger charge is -2.27. The molecule has 4 rings (SSSR count). The number of ether oxygens (including phenoxy) is 1. The summed E-state index contributed by atoms with van der Waals surface area (Å²) >= 11 is 0. The summed E-state index contributed by atoms with van der Waals surface area (Å²) in [6.45, 7) is 1.81. The number of hydrogen-bond acceptors (Lipinski definition) is 5. The molecule has 0 aliphatic carbocycles. The van der Waals surface area contributed by atoms with Crippen molar-refractivity contribution < 1.29 is 19.4 Å². The minimum atomic E-state index is -0.727. The molecule has 0 aromatic heterocycles. The van der Waals surface area contributed by atoms with Gasteiger partial charge in [0, 0.05) is 31.9 Å². The van der Waals surface area contributed by atoms with Crippen LogP contribution in [0.5, 0.6) is 5.75 Å². The van der Waals surface area contributed by atoms with E-state index in [1.54, 1.807) is 0 Å². The van der Waals surface area contributed by atoms with Gasteiger partial charge >= 0.3 is 6.03 Å². The molecule has 7 nitrogen and oxygen atoms in total. The Morgan fingerprint density at radius 1 is 0.886 bits per heavy atom. The molecule has 3 aromatic rings. The van der Waals surface area contributed by atoms with Gasteiger partial charge in [0.15, 0.2) is 0 Å². The number of nitrogens with zero attached hydrogens (tertiary/aromatic N) is 3. The number of anilines is 1. The number of para-hydroxylation sites is 2. The van der Waals surface area contributed by atoms with Crippen molar-refractivity contribution in [3.63, 3.8) is 0 Å². The first-order valence-electron chi connectivity index (χ1n) is 11.4. The Bertz CT molecular complexity index is 1070. The van der Waals surface area contributed by atoms with Crippen molar-refractivity contribution in [1.29, 1.82) is 0 Å². The van der Waals surface area contributed by atoms with E-state index in [9.17, 15) is 14.7 Å². The van der Waals surface area contributed by atoms with Gasteiger partial charge < -0.3 is 9.84 Å². The summed E-state index contributed by atoms with van der Waals surface area (Å²) in [5, 5.41) is 10.6. The highest BCUT2D eigenvalue weighted by molar-refractivity contribution is 6.12. The molecule has 1 heterocycles. The summed E-state index contributed by atoms with van der Waals surface area (Å²) in [6, 6.07) is 28.2. The number of benzene rings is 3.